The van der Waals surface area contributed by atoms with Crippen molar-refractivity contribution >= 4 is 24.3 Å². The molecule has 3 rings (SSSR count). The van der Waals surface area contributed by atoms with Crippen molar-refractivity contribution in [1.82, 2.24) is 5.32 Å². The number of anilines is 1. The molecule has 5 nitrogen and oxygen atoms in total. The van der Waals surface area contributed by atoms with E-state index in [1.807, 2.05) is 12.9 Å². The van der Waals surface area contributed by atoms with Gasteiger partial charge in [-0.3, -0.25) is 14.9 Å². The first-order chi connectivity index (χ1) is 11.5. The van der Waals surface area contributed by atoms with Crippen LogP contribution >= 0.6 is 0 Å². The average Bonchev–Trinajstić information content (AvgIpc) is 2.58. The smallest absolute Gasteiger partial charge is 0.234 e. The Bertz CT molecular complexity index is 612. The van der Waals surface area contributed by atoms with Gasteiger partial charge in [0.15, 0.2) is 0 Å². The maximum atomic E-state index is 14.5. The van der Waals surface area contributed by atoms with Crippen LogP contribution in [-0.4, -0.2) is 31.7 Å². The second-order valence-corrected chi connectivity index (χ2v) is 6.38. The number of benzene rings is 1. The fourth-order valence-corrected chi connectivity index (χ4v) is 3.26. The second-order valence-electron chi connectivity index (χ2n) is 6.38. The van der Waals surface area contributed by atoms with E-state index in [-0.39, 0.29) is 17.6 Å². The molecule has 2 saturated heterocycles. The molecule has 2 heterocycles. The van der Waals surface area contributed by atoms with E-state index in [0.717, 1.165) is 25.9 Å². The summed E-state index contributed by atoms with van der Waals surface area (Å²) in [5.41, 5.74) is 1.26. The van der Waals surface area contributed by atoms with E-state index in [9.17, 15) is 14.0 Å². The number of halogens is 1. The van der Waals surface area contributed by atoms with Crippen molar-refractivity contribution in [2.45, 2.75) is 38.5 Å². The Kier molecular flexibility index (Phi) is 6.06. The van der Waals surface area contributed by atoms with E-state index >= 15 is 0 Å². The van der Waals surface area contributed by atoms with E-state index < -0.39 is 5.92 Å². The molecule has 1 aromatic carbocycles. The second kappa shape index (κ2) is 8.04. The Balaban J connectivity index is 0.00000100. The number of rotatable bonds is 2. The Labute approximate surface area is 141 Å². The van der Waals surface area contributed by atoms with Gasteiger partial charge in [-0.1, -0.05) is 13.0 Å². The lowest BCUT2D eigenvalue weighted by Crippen LogP contribution is -2.39. The number of piperidine rings is 2. The number of nitrogens with zero attached hydrogens (tertiary/aromatic N) is 1. The normalized spacial score (nSPS) is 21.8. The molecule has 2 aliphatic heterocycles. The molecule has 0 spiro atoms. The maximum Gasteiger partial charge on any atom is 0.234 e. The van der Waals surface area contributed by atoms with Crippen molar-refractivity contribution in [3.05, 3.63) is 29.6 Å². The molecule has 0 saturated carbocycles. The van der Waals surface area contributed by atoms with Gasteiger partial charge in [0.2, 0.25) is 11.8 Å². The van der Waals surface area contributed by atoms with Crippen LogP contribution < -0.4 is 10.2 Å². The molecule has 1 atom stereocenters. The molecule has 130 valence electrons. The van der Waals surface area contributed by atoms with Gasteiger partial charge < -0.3 is 9.69 Å². The van der Waals surface area contributed by atoms with Crippen LogP contribution in [0.5, 0.6) is 0 Å². The summed E-state index contributed by atoms with van der Waals surface area (Å²) < 4.78 is 14.5. The highest BCUT2D eigenvalue weighted by atomic mass is 19.1. The molecule has 2 amide bonds. The average molecular weight is 334 g/mol. The molecule has 0 aromatic heterocycles. The fourth-order valence-electron chi connectivity index (χ4n) is 3.26. The van der Waals surface area contributed by atoms with Crippen molar-refractivity contribution in [1.29, 1.82) is 0 Å². The number of imide groups is 1. The van der Waals surface area contributed by atoms with Crippen LogP contribution in [0.3, 0.4) is 0 Å². The van der Waals surface area contributed by atoms with Gasteiger partial charge in [0.1, 0.15) is 12.6 Å². The first kappa shape index (κ1) is 18.1. The standard InChI is InChI=1S/C17H21FN2O2.CH2O/c1-11-6-8-20(9-7-11)15-4-2-12(10-14(15)18)13-3-5-16(21)19-17(13)22;1-2/h2,4,10-11,13H,3,5-9H2,1H3,(H,19,21,22);1H2. The molecule has 2 aliphatic rings. The van der Waals surface area contributed by atoms with Crippen LogP contribution in [0.4, 0.5) is 10.1 Å². The predicted molar refractivity (Wildman–Crippen MR) is 89.3 cm³/mol. The highest BCUT2D eigenvalue weighted by molar-refractivity contribution is 6.00. The minimum atomic E-state index is -0.428. The van der Waals surface area contributed by atoms with Gasteiger partial charge in [-0.25, -0.2) is 4.39 Å². The Morgan fingerprint density at radius 2 is 1.83 bits per heavy atom. The number of carbonyl (C=O) groups is 3. The quantitative estimate of drug-likeness (QED) is 0.844. The molecule has 0 radical (unpaired) electrons. The van der Waals surface area contributed by atoms with E-state index in [2.05, 4.69) is 17.1 Å². The van der Waals surface area contributed by atoms with Gasteiger partial charge in [0.05, 0.1) is 11.6 Å². The van der Waals surface area contributed by atoms with Crippen LogP contribution in [0.15, 0.2) is 18.2 Å². The fraction of sp³-hybridized carbons (Fsp3) is 0.500. The van der Waals surface area contributed by atoms with Gasteiger partial charge in [-0.15, -0.1) is 0 Å². The zero-order valence-corrected chi connectivity index (χ0v) is 13.9. The van der Waals surface area contributed by atoms with Gasteiger partial charge in [-0.2, -0.15) is 0 Å². The third kappa shape index (κ3) is 3.99. The molecule has 2 fully saturated rings. The first-order valence-electron chi connectivity index (χ1n) is 8.21. The van der Waals surface area contributed by atoms with E-state index in [4.69, 9.17) is 4.79 Å². The summed E-state index contributed by atoms with van der Waals surface area (Å²) in [7, 11) is 0. The molecular formula is C18H23FN2O3. The summed E-state index contributed by atoms with van der Waals surface area (Å²) in [5.74, 6) is -0.586. The van der Waals surface area contributed by atoms with Gasteiger partial charge in [0, 0.05) is 19.5 Å². The summed E-state index contributed by atoms with van der Waals surface area (Å²) >= 11 is 0. The topological polar surface area (TPSA) is 66.5 Å². The summed E-state index contributed by atoms with van der Waals surface area (Å²) in [6.07, 6.45) is 2.91. The molecule has 1 unspecified atom stereocenters. The van der Waals surface area contributed by atoms with Crippen LogP contribution in [0.25, 0.3) is 0 Å². The molecule has 0 bridgehead atoms. The minimum Gasteiger partial charge on any atom is -0.369 e. The van der Waals surface area contributed by atoms with Gasteiger partial charge in [-0.05, 0) is 42.9 Å². The number of hydrogen-bond acceptors (Lipinski definition) is 4. The number of carbonyl (C=O) groups excluding carboxylic acids is 3. The lowest BCUT2D eigenvalue weighted by molar-refractivity contribution is -0.134. The summed E-state index contributed by atoms with van der Waals surface area (Å²) in [4.78, 5) is 33.1. The van der Waals surface area contributed by atoms with Crippen molar-refractivity contribution in [2.24, 2.45) is 5.92 Å². The van der Waals surface area contributed by atoms with Gasteiger partial charge >= 0.3 is 0 Å². The molecule has 1 aromatic rings. The third-order valence-corrected chi connectivity index (χ3v) is 4.74. The Morgan fingerprint density at radius 3 is 2.42 bits per heavy atom. The van der Waals surface area contributed by atoms with Crippen molar-refractivity contribution in [3.8, 4) is 0 Å². The zero-order valence-electron chi connectivity index (χ0n) is 13.9. The molecule has 1 N–H and O–H groups in total. The molecule has 0 aliphatic carbocycles. The number of nitrogens with one attached hydrogen (secondary N) is 1. The highest BCUT2D eigenvalue weighted by Crippen LogP contribution is 2.30. The van der Waals surface area contributed by atoms with Gasteiger partial charge in [0.25, 0.3) is 0 Å². The lowest BCUT2D eigenvalue weighted by atomic mass is 9.90. The first-order valence-corrected chi connectivity index (χ1v) is 8.21. The SMILES string of the molecule is C=O.CC1CCN(c2ccc(C3CCC(=O)NC3=O)cc2F)CC1. The molecule has 6 heteroatoms. The van der Waals surface area contributed by atoms with Crippen LogP contribution in [0, 0.1) is 11.7 Å². The Hall–Kier alpha value is -2.24. The zero-order chi connectivity index (χ0) is 17.7. The van der Waals surface area contributed by atoms with Crippen molar-refractivity contribution in [3.63, 3.8) is 0 Å². The number of hydrogen-bond donors (Lipinski definition) is 1. The Morgan fingerprint density at radius 1 is 1.17 bits per heavy atom. The third-order valence-electron chi connectivity index (χ3n) is 4.74. The predicted octanol–water partition coefficient (Wildman–Crippen LogP) is 2.40. The summed E-state index contributed by atoms with van der Waals surface area (Å²) in [5, 5.41) is 2.32. The largest absolute Gasteiger partial charge is 0.369 e. The van der Waals surface area contributed by atoms with E-state index in [1.54, 1.807) is 6.07 Å². The van der Waals surface area contributed by atoms with E-state index in [0.29, 0.717) is 30.0 Å². The summed E-state index contributed by atoms with van der Waals surface area (Å²) in [6.45, 7) is 5.96. The minimum absolute atomic E-state index is 0.249. The van der Waals surface area contributed by atoms with Crippen LogP contribution in [-0.2, 0) is 14.4 Å². The molecule has 24 heavy (non-hydrogen) atoms. The molecular weight excluding hydrogens is 311 g/mol. The van der Waals surface area contributed by atoms with Crippen molar-refractivity contribution in [2.75, 3.05) is 18.0 Å². The monoisotopic (exact) mass is 334 g/mol. The van der Waals surface area contributed by atoms with Crippen molar-refractivity contribution < 1.29 is 18.8 Å². The highest BCUT2D eigenvalue weighted by Gasteiger charge is 2.29. The van der Waals surface area contributed by atoms with Crippen LogP contribution in [0.2, 0.25) is 0 Å². The maximum absolute atomic E-state index is 14.5. The van der Waals surface area contributed by atoms with Crippen LogP contribution in [0.1, 0.15) is 44.1 Å². The van der Waals surface area contributed by atoms with E-state index in [1.165, 1.54) is 6.07 Å². The lowest BCUT2D eigenvalue weighted by Gasteiger charge is -2.32. The number of amides is 2. The summed E-state index contributed by atoms with van der Waals surface area (Å²) in [6, 6.07) is 5.04.